The van der Waals surface area contributed by atoms with Crippen LogP contribution < -0.4 is 9.64 Å². The third-order valence-electron chi connectivity index (χ3n) is 8.47. The smallest absolute Gasteiger partial charge is 0.341 e. The Labute approximate surface area is 207 Å². The number of carbonyl (C=O) groups excluding carboxylic acids is 1. The molecule has 0 amide bonds. The van der Waals surface area contributed by atoms with E-state index < -0.39 is 5.97 Å². The van der Waals surface area contributed by atoms with Crippen LogP contribution in [0.5, 0.6) is 11.5 Å². The first-order valence-corrected chi connectivity index (χ1v) is 12.7. The molecule has 0 saturated heterocycles. The van der Waals surface area contributed by atoms with Gasteiger partial charge in [0.15, 0.2) is 0 Å². The van der Waals surface area contributed by atoms with Crippen molar-refractivity contribution in [2.75, 3.05) is 19.1 Å². The van der Waals surface area contributed by atoms with Crippen molar-refractivity contribution >= 4 is 17.5 Å². The molecule has 1 heterocycles. The number of benzene rings is 2. The Bertz CT molecular complexity index is 1180. The first-order chi connectivity index (χ1) is 17.0. The molecule has 2 aromatic carbocycles. The minimum absolute atomic E-state index is 0.406. The minimum Gasteiger partial charge on any atom is -0.465 e. The summed E-state index contributed by atoms with van der Waals surface area (Å²) in [5, 5.41) is 0. The average Bonchev–Trinajstić information content (AvgIpc) is 2.88. The fourth-order valence-corrected chi connectivity index (χ4v) is 7.27. The van der Waals surface area contributed by atoms with E-state index in [0.717, 1.165) is 34.9 Å². The van der Waals surface area contributed by atoms with Gasteiger partial charge in [0.1, 0.15) is 22.9 Å². The number of ether oxygens (including phenoxy) is 2. The van der Waals surface area contributed by atoms with Crippen LogP contribution in [0.1, 0.15) is 54.4 Å². The van der Waals surface area contributed by atoms with Crippen LogP contribution in [0.25, 0.3) is 0 Å². The second-order valence-electron chi connectivity index (χ2n) is 10.7. The highest BCUT2D eigenvalue weighted by molar-refractivity contribution is 5.95. The maximum absolute atomic E-state index is 12.1. The highest BCUT2D eigenvalue weighted by atomic mass is 16.5. The average molecular weight is 469 g/mol. The number of nitrogens with zero attached hydrogens (tertiary/aromatic N) is 2. The summed E-state index contributed by atoms with van der Waals surface area (Å²) in [4.78, 5) is 18.4. The number of rotatable bonds is 6. The lowest BCUT2D eigenvalue weighted by Gasteiger charge is -2.57. The largest absolute Gasteiger partial charge is 0.465 e. The molecular formula is C30H32N2O3. The molecule has 3 aromatic rings. The molecule has 0 radical (unpaired) electrons. The van der Waals surface area contributed by atoms with Gasteiger partial charge in [-0.05, 0) is 116 Å². The molecule has 35 heavy (non-hydrogen) atoms. The Kier molecular flexibility index (Phi) is 5.51. The lowest BCUT2D eigenvalue weighted by atomic mass is 9.48. The van der Waals surface area contributed by atoms with Gasteiger partial charge in [-0.2, -0.15) is 0 Å². The lowest BCUT2D eigenvalue weighted by Crippen LogP contribution is -2.48. The van der Waals surface area contributed by atoms with Gasteiger partial charge in [-0.1, -0.05) is 12.1 Å². The summed E-state index contributed by atoms with van der Waals surface area (Å²) >= 11 is 0. The third-order valence-corrected chi connectivity index (χ3v) is 8.47. The lowest BCUT2D eigenvalue weighted by molar-refractivity contribution is -0.00520. The fourth-order valence-electron chi connectivity index (χ4n) is 7.27. The van der Waals surface area contributed by atoms with Crippen molar-refractivity contribution in [2.45, 2.75) is 43.9 Å². The normalized spacial score (nSPS) is 26.4. The zero-order valence-corrected chi connectivity index (χ0v) is 20.4. The number of hydrogen-bond acceptors (Lipinski definition) is 5. The quantitative estimate of drug-likeness (QED) is 0.369. The molecule has 4 bridgehead atoms. The molecule has 4 fully saturated rings. The van der Waals surface area contributed by atoms with Gasteiger partial charge in [-0.3, -0.25) is 0 Å². The van der Waals surface area contributed by atoms with Crippen LogP contribution in [-0.4, -0.2) is 25.1 Å². The summed E-state index contributed by atoms with van der Waals surface area (Å²) in [6.45, 7) is 0. The first-order valence-electron chi connectivity index (χ1n) is 12.7. The van der Waals surface area contributed by atoms with E-state index in [4.69, 9.17) is 9.47 Å². The monoisotopic (exact) mass is 468 g/mol. The molecule has 0 atom stereocenters. The maximum atomic E-state index is 12.1. The van der Waals surface area contributed by atoms with Crippen LogP contribution in [0.4, 0.5) is 11.5 Å². The van der Waals surface area contributed by atoms with Gasteiger partial charge in [-0.15, -0.1) is 0 Å². The van der Waals surface area contributed by atoms with Crippen molar-refractivity contribution in [1.29, 1.82) is 0 Å². The van der Waals surface area contributed by atoms with Crippen molar-refractivity contribution in [3.05, 3.63) is 78.0 Å². The summed E-state index contributed by atoms with van der Waals surface area (Å²) in [5.41, 5.74) is 3.25. The van der Waals surface area contributed by atoms with Crippen LogP contribution in [0.15, 0.2) is 66.9 Å². The molecular weight excluding hydrogens is 436 g/mol. The van der Waals surface area contributed by atoms with E-state index in [1.807, 2.05) is 36.2 Å². The zero-order chi connectivity index (χ0) is 24.0. The molecule has 4 saturated carbocycles. The van der Waals surface area contributed by atoms with Gasteiger partial charge < -0.3 is 14.4 Å². The molecule has 0 aliphatic heterocycles. The Morgan fingerprint density at radius 1 is 0.886 bits per heavy atom. The predicted octanol–water partition coefficient (Wildman–Crippen LogP) is 6.90. The number of carbonyl (C=O) groups is 1. The molecule has 5 heteroatoms. The van der Waals surface area contributed by atoms with Gasteiger partial charge in [-0.25, -0.2) is 9.78 Å². The number of aromatic nitrogens is 1. The fraction of sp³-hybridized carbons (Fsp3) is 0.400. The van der Waals surface area contributed by atoms with E-state index in [0.29, 0.717) is 16.8 Å². The number of pyridine rings is 1. The van der Waals surface area contributed by atoms with E-state index in [2.05, 4.69) is 29.2 Å². The molecule has 4 aliphatic rings. The van der Waals surface area contributed by atoms with Crippen LogP contribution >= 0.6 is 0 Å². The SMILES string of the molecule is COC(=O)c1cccnc1N(C)c1ccc(Oc2ccc(C34CC5CC(CC(C5)C3)C4)cc2)cc1. The van der Waals surface area contributed by atoms with E-state index in [-0.39, 0.29) is 0 Å². The van der Waals surface area contributed by atoms with E-state index in [9.17, 15) is 4.79 Å². The predicted molar refractivity (Wildman–Crippen MR) is 136 cm³/mol. The summed E-state index contributed by atoms with van der Waals surface area (Å²) in [6.07, 6.45) is 10.2. The molecule has 1 aromatic heterocycles. The van der Waals surface area contributed by atoms with Crippen molar-refractivity contribution in [1.82, 2.24) is 4.98 Å². The van der Waals surface area contributed by atoms with Crippen molar-refractivity contribution in [3.63, 3.8) is 0 Å². The molecule has 4 aliphatic carbocycles. The van der Waals surface area contributed by atoms with Crippen molar-refractivity contribution in [3.8, 4) is 11.5 Å². The van der Waals surface area contributed by atoms with Gasteiger partial charge in [0.05, 0.1) is 7.11 Å². The highest BCUT2D eigenvalue weighted by Gasteiger charge is 2.51. The number of methoxy groups -OCH3 is 1. The molecule has 0 spiro atoms. The standard InChI is InChI=1S/C30H32N2O3/c1-32(28-27(29(33)34-2)4-3-13-31-28)24-7-11-26(12-8-24)35-25-9-5-23(6-10-25)30-17-20-14-21(18-30)16-22(15-20)19-30/h3-13,20-22H,14-19H2,1-2H3. The van der Waals surface area contributed by atoms with Gasteiger partial charge >= 0.3 is 5.97 Å². The zero-order valence-electron chi connectivity index (χ0n) is 20.4. The van der Waals surface area contributed by atoms with Crippen LogP contribution in [0, 0.1) is 17.8 Å². The Hall–Kier alpha value is -3.34. The molecule has 0 unspecified atom stereocenters. The number of esters is 1. The Balaban J connectivity index is 1.15. The number of hydrogen-bond donors (Lipinski definition) is 0. The Morgan fingerprint density at radius 2 is 1.46 bits per heavy atom. The Morgan fingerprint density at radius 3 is 2.03 bits per heavy atom. The van der Waals surface area contributed by atoms with Crippen molar-refractivity contribution < 1.29 is 14.3 Å². The number of anilines is 2. The summed E-state index contributed by atoms with van der Waals surface area (Å²) in [5.74, 6) is 4.62. The third kappa shape index (κ3) is 4.07. The van der Waals surface area contributed by atoms with Gasteiger partial charge in [0.2, 0.25) is 0 Å². The van der Waals surface area contributed by atoms with Gasteiger partial charge in [0.25, 0.3) is 0 Å². The van der Waals surface area contributed by atoms with Crippen LogP contribution in [-0.2, 0) is 10.2 Å². The molecule has 180 valence electrons. The van der Waals surface area contributed by atoms with E-state index in [1.165, 1.54) is 51.2 Å². The molecule has 7 rings (SSSR count). The molecule has 5 nitrogen and oxygen atoms in total. The second kappa shape index (κ2) is 8.71. The van der Waals surface area contributed by atoms with Crippen LogP contribution in [0.2, 0.25) is 0 Å². The summed E-state index contributed by atoms with van der Waals surface area (Å²) in [7, 11) is 3.26. The van der Waals surface area contributed by atoms with Crippen LogP contribution in [0.3, 0.4) is 0 Å². The maximum Gasteiger partial charge on any atom is 0.341 e. The highest BCUT2D eigenvalue weighted by Crippen LogP contribution is 2.60. The van der Waals surface area contributed by atoms with E-state index in [1.54, 1.807) is 18.3 Å². The topological polar surface area (TPSA) is 51.7 Å². The second-order valence-corrected chi connectivity index (χ2v) is 10.7. The van der Waals surface area contributed by atoms with E-state index >= 15 is 0 Å². The van der Waals surface area contributed by atoms with Crippen molar-refractivity contribution in [2.24, 2.45) is 17.8 Å². The van der Waals surface area contributed by atoms with Gasteiger partial charge in [0, 0.05) is 18.9 Å². The molecule has 0 N–H and O–H groups in total. The summed E-state index contributed by atoms with van der Waals surface area (Å²) in [6, 6.07) is 20.1. The first kappa shape index (κ1) is 22.1. The minimum atomic E-state index is -0.406. The summed E-state index contributed by atoms with van der Waals surface area (Å²) < 4.78 is 11.1.